The van der Waals surface area contributed by atoms with Gasteiger partial charge in [0.2, 0.25) is 0 Å². The number of hydrogen-bond acceptors (Lipinski definition) is 4. The van der Waals surface area contributed by atoms with Crippen LogP contribution in [0.4, 0.5) is 0 Å². The molecule has 0 fully saturated rings. The maximum absolute atomic E-state index is 11.7. The number of allylic oxidation sites excluding steroid dienone is 1. The number of benzene rings is 1. The molecule has 0 amide bonds. The lowest BCUT2D eigenvalue weighted by molar-refractivity contribution is -0.138. The van der Waals surface area contributed by atoms with Crippen LogP contribution in [0.15, 0.2) is 40.8 Å². The van der Waals surface area contributed by atoms with Crippen molar-refractivity contribution in [1.29, 1.82) is 0 Å². The van der Waals surface area contributed by atoms with Gasteiger partial charge in [0.25, 0.3) is 0 Å². The summed E-state index contributed by atoms with van der Waals surface area (Å²) in [4.78, 5) is 12.9. The third-order valence-electron chi connectivity index (χ3n) is 2.43. The average molecular weight is 266 g/mol. The Morgan fingerprint density at radius 3 is 2.82 bits per heavy atom. The second-order valence-corrected chi connectivity index (χ2v) is 6.02. The van der Waals surface area contributed by atoms with Crippen molar-refractivity contribution in [2.45, 2.75) is 13.3 Å². The Morgan fingerprint density at radius 2 is 2.12 bits per heavy atom. The van der Waals surface area contributed by atoms with Gasteiger partial charge in [-0.15, -0.1) is 0 Å². The van der Waals surface area contributed by atoms with Gasteiger partial charge in [0.05, 0.1) is 12.2 Å². The van der Waals surface area contributed by atoms with E-state index in [1.165, 1.54) is 5.56 Å². The average Bonchev–Trinajstić information content (AvgIpc) is 2.79. The molecule has 4 heteroatoms. The molecule has 1 aromatic carbocycles. The topological polar surface area (TPSA) is 26.3 Å². The Kier molecular flexibility index (Phi) is 4.57. The molecule has 2 rings (SSSR count). The standard InChI is InChI=1S/C13H14O2S2/c1-2-15-13(14)11-9-16-17-12(11)8-10-6-4-3-5-7-10/h3-7H,2,8-9H2,1H3. The van der Waals surface area contributed by atoms with E-state index in [0.29, 0.717) is 6.61 Å². The van der Waals surface area contributed by atoms with Crippen LogP contribution in [0.3, 0.4) is 0 Å². The molecule has 0 radical (unpaired) electrons. The third-order valence-corrected chi connectivity index (χ3v) is 4.86. The summed E-state index contributed by atoms with van der Waals surface area (Å²) in [6, 6.07) is 10.2. The van der Waals surface area contributed by atoms with E-state index < -0.39 is 0 Å². The molecule has 0 bridgehead atoms. The van der Waals surface area contributed by atoms with Crippen LogP contribution in [0, 0.1) is 0 Å². The molecule has 90 valence electrons. The largest absolute Gasteiger partial charge is 0.463 e. The molecule has 1 heterocycles. The van der Waals surface area contributed by atoms with E-state index in [1.54, 1.807) is 21.6 Å². The van der Waals surface area contributed by atoms with Crippen molar-refractivity contribution in [1.82, 2.24) is 0 Å². The van der Waals surface area contributed by atoms with Gasteiger partial charge < -0.3 is 4.74 Å². The van der Waals surface area contributed by atoms with Crippen LogP contribution in [-0.2, 0) is 16.0 Å². The maximum Gasteiger partial charge on any atom is 0.335 e. The molecule has 1 aromatic rings. The van der Waals surface area contributed by atoms with Gasteiger partial charge in [-0.05, 0) is 12.5 Å². The Bertz CT molecular complexity index is 426. The number of rotatable bonds is 4. The first kappa shape index (κ1) is 12.6. The first-order chi connectivity index (χ1) is 8.31. The minimum atomic E-state index is -0.157. The number of esters is 1. The van der Waals surface area contributed by atoms with Crippen LogP contribution in [-0.4, -0.2) is 18.3 Å². The third kappa shape index (κ3) is 3.30. The van der Waals surface area contributed by atoms with Crippen LogP contribution in [0.5, 0.6) is 0 Å². The minimum Gasteiger partial charge on any atom is -0.463 e. The predicted octanol–water partition coefficient (Wildman–Crippen LogP) is 3.44. The highest BCUT2D eigenvalue weighted by molar-refractivity contribution is 8.78. The predicted molar refractivity (Wildman–Crippen MR) is 73.9 cm³/mol. The van der Waals surface area contributed by atoms with Gasteiger partial charge in [-0.2, -0.15) is 0 Å². The Balaban J connectivity index is 2.13. The van der Waals surface area contributed by atoms with Gasteiger partial charge in [-0.3, -0.25) is 0 Å². The minimum absolute atomic E-state index is 0.157. The monoisotopic (exact) mass is 266 g/mol. The summed E-state index contributed by atoms with van der Waals surface area (Å²) < 4.78 is 5.07. The Morgan fingerprint density at radius 1 is 1.35 bits per heavy atom. The molecule has 0 spiro atoms. The van der Waals surface area contributed by atoms with Crippen LogP contribution >= 0.6 is 21.6 Å². The molecular formula is C13H14O2S2. The first-order valence-corrected chi connectivity index (χ1v) is 7.85. The lowest BCUT2D eigenvalue weighted by Crippen LogP contribution is -2.09. The fraction of sp³-hybridized carbons (Fsp3) is 0.308. The van der Waals surface area contributed by atoms with Gasteiger partial charge in [0.15, 0.2) is 0 Å². The van der Waals surface area contributed by atoms with Gasteiger partial charge in [0, 0.05) is 17.1 Å². The molecule has 1 aliphatic heterocycles. The van der Waals surface area contributed by atoms with Crippen molar-refractivity contribution >= 4 is 27.6 Å². The normalized spacial score (nSPS) is 15.1. The Hall–Kier alpha value is -0.870. The SMILES string of the molecule is CCOC(=O)C1=C(Cc2ccccc2)SSC1. The number of ether oxygens (including phenoxy) is 1. The molecular weight excluding hydrogens is 252 g/mol. The summed E-state index contributed by atoms with van der Waals surface area (Å²) in [7, 11) is 3.40. The molecule has 0 atom stereocenters. The van der Waals surface area contributed by atoms with Gasteiger partial charge >= 0.3 is 5.97 Å². The van der Waals surface area contributed by atoms with Crippen molar-refractivity contribution in [3.05, 3.63) is 46.4 Å². The van der Waals surface area contributed by atoms with E-state index >= 15 is 0 Å². The van der Waals surface area contributed by atoms with Crippen LogP contribution in [0.2, 0.25) is 0 Å². The van der Waals surface area contributed by atoms with Crippen molar-refractivity contribution in [2.24, 2.45) is 0 Å². The zero-order valence-electron chi connectivity index (χ0n) is 9.64. The van der Waals surface area contributed by atoms with Crippen LogP contribution < -0.4 is 0 Å². The summed E-state index contributed by atoms with van der Waals surface area (Å²) >= 11 is 0. The van der Waals surface area contributed by atoms with E-state index in [-0.39, 0.29) is 5.97 Å². The van der Waals surface area contributed by atoms with Crippen molar-refractivity contribution in [3.63, 3.8) is 0 Å². The zero-order valence-corrected chi connectivity index (χ0v) is 11.3. The van der Waals surface area contributed by atoms with E-state index in [4.69, 9.17) is 4.74 Å². The summed E-state index contributed by atoms with van der Waals surface area (Å²) in [5, 5.41) is 0. The molecule has 0 saturated heterocycles. The molecule has 0 N–H and O–H groups in total. The molecule has 0 unspecified atom stereocenters. The molecule has 1 aliphatic rings. The quantitative estimate of drug-likeness (QED) is 0.616. The van der Waals surface area contributed by atoms with Gasteiger partial charge in [-0.25, -0.2) is 4.79 Å². The van der Waals surface area contributed by atoms with Crippen LogP contribution in [0.1, 0.15) is 12.5 Å². The second kappa shape index (κ2) is 6.17. The number of carbonyl (C=O) groups is 1. The highest BCUT2D eigenvalue weighted by atomic mass is 33.1. The van der Waals surface area contributed by atoms with Crippen molar-refractivity contribution in [3.8, 4) is 0 Å². The maximum atomic E-state index is 11.7. The van der Waals surface area contributed by atoms with Crippen LogP contribution in [0.25, 0.3) is 0 Å². The smallest absolute Gasteiger partial charge is 0.335 e. The zero-order chi connectivity index (χ0) is 12.1. The highest BCUT2D eigenvalue weighted by Gasteiger charge is 2.23. The lowest BCUT2D eigenvalue weighted by atomic mass is 10.1. The van der Waals surface area contributed by atoms with Gasteiger partial charge in [0.1, 0.15) is 0 Å². The molecule has 0 aliphatic carbocycles. The summed E-state index contributed by atoms with van der Waals surface area (Å²) in [6.45, 7) is 2.28. The molecule has 17 heavy (non-hydrogen) atoms. The van der Waals surface area contributed by atoms with E-state index in [0.717, 1.165) is 22.7 Å². The lowest BCUT2D eigenvalue weighted by Gasteiger charge is -2.05. The molecule has 0 aromatic heterocycles. The Labute approximate surface area is 109 Å². The highest BCUT2D eigenvalue weighted by Crippen LogP contribution is 2.43. The molecule has 0 saturated carbocycles. The fourth-order valence-corrected chi connectivity index (χ4v) is 4.22. The second-order valence-electron chi connectivity index (χ2n) is 3.63. The summed E-state index contributed by atoms with van der Waals surface area (Å²) in [5.41, 5.74) is 2.07. The number of carbonyl (C=O) groups excluding carboxylic acids is 1. The fourth-order valence-electron chi connectivity index (χ4n) is 1.60. The van der Waals surface area contributed by atoms with Crippen molar-refractivity contribution in [2.75, 3.05) is 12.4 Å². The van der Waals surface area contributed by atoms with E-state index in [9.17, 15) is 4.79 Å². The van der Waals surface area contributed by atoms with Gasteiger partial charge in [-0.1, -0.05) is 51.9 Å². The van der Waals surface area contributed by atoms with E-state index in [1.807, 2.05) is 25.1 Å². The number of hydrogen-bond donors (Lipinski definition) is 0. The summed E-state index contributed by atoms with van der Waals surface area (Å²) in [5.74, 6) is 0.599. The molecule has 2 nitrogen and oxygen atoms in total. The first-order valence-electron chi connectivity index (χ1n) is 5.53. The van der Waals surface area contributed by atoms with Crippen molar-refractivity contribution < 1.29 is 9.53 Å². The summed E-state index contributed by atoms with van der Waals surface area (Å²) in [6.07, 6.45) is 0.826. The van der Waals surface area contributed by atoms with E-state index in [2.05, 4.69) is 12.1 Å².